The van der Waals surface area contributed by atoms with Gasteiger partial charge in [0.25, 0.3) is 0 Å². The third-order valence-corrected chi connectivity index (χ3v) is 4.50. The first kappa shape index (κ1) is 14.8. The molecule has 1 aromatic carbocycles. The topological polar surface area (TPSA) is 41.1 Å². The fraction of sp³-hybridized carbons (Fsp3) is 0.214. The number of rotatable bonds is 2. The van der Waals surface area contributed by atoms with E-state index in [9.17, 15) is 22.4 Å². The monoisotopic (exact) mass is 330 g/mol. The summed E-state index contributed by atoms with van der Waals surface area (Å²) in [6.07, 6.45) is -4.40. The summed E-state index contributed by atoms with van der Waals surface area (Å²) in [6.45, 7) is 0.270. The SMILES string of the molecule is O=C1NCC(c2ccc(-c3ccc(C(F)(F)F)s3)cc2F)N1. The second-order valence-electron chi connectivity index (χ2n) is 4.80. The number of carbonyl (C=O) groups excluding carboxylic acids is 1. The summed E-state index contributed by atoms with van der Waals surface area (Å²) < 4.78 is 51.9. The van der Waals surface area contributed by atoms with Crippen LogP contribution in [-0.4, -0.2) is 12.6 Å². The molecule has 3 nitrogen and oxygen atoms in total. The van der Waals surface area contributed by atoms with Gasteiger partial charge in [-0.25, -0.2) is 9.18 Å². The number of halogens is 4. The van der Waals surface area contributed by atoms with E-state index in [4.69, 9.17) is 0 Å². The molecule has 0 saturated carbocycles. The van der Waals surface area contributed by atoms with Gasteiger partial charge in [0, 0.05) is 17.0 Å². The van der Waals surface area contributed by atoms with E-state index in [1.165, 1.54) is 18.2 Å². The molecule has 2 aromatic rings. The molecule has 0 radical (unpaired) electrons. The van der Waals surface area contributed by atoms with Gasteiger partial charge < -0.3 is 10.6 Å². The minimum absolute atomic E-state index is 0.270. The van der Waals surface area contributed by atoms with Gasteiger partial charge in [-0.15, -0.1) is 11.3 Å². The van der Waals surface area contributed by atoms with E-state index in [1.54, 1.807) is 6.07 Å². The average molecular weight is 330 g/mol. The Morgan fingerprint density at radius 2 is 1.95 bits per heavy atom. The van der Waals surface area contributed by atoms with Crippen molar-refractivity contribution in [1.82, 2.24) is 10.6 Å². The van der Waals surface area contributed by atoms with Gasteiger partial charge in [0.05, 0.1) is 6.04 Å². The highest BCUT2D eigenvalue weighted by atomic mass is 32.1. The van der Waals surface area contributed by atoms with Gasteiger partial charge in [0.15, 0.2) is 0 Å². The van der Waals surface area contributed by atoms with Crippen molar-refractivity contribution in [2.24, 2.45) is 0 Å². The summed E-state index contributed by atoms with van der Waals surface area (Å²) in [5.74, 6) is -0.562. The lowest BCUT2D eigenvalue weighted by molar-refractivity contribution is -0.134. The number of amides is 2. The van der Waals surface area contributed by atoms with Crippen molar-refractivity contribution in [2.75, 3.05) is 6.54 Å². The predicted octanol–water partition coefficient (Wildman–Crippen LogP) is 3.93. The van der Waals surface area contributed by atoms with Crippen molar-refractivity contribution in [3.63, 3.8) is 0 Å². The van der Waals surface area contributed by atoms with E-state index >= 15 is 0 Å². The molecule has 3 rings (SSSR count). The van der Waals surface area contributed by atoms with E-state index < -0.39 is 22.9 Å². The minimum Gasteiger partial charge on any atom is -0.336 e. The Morgan fingerprint density at radius 3 is 2.50 bits per heavy atom. The molecule has 1 aliphatic rings. The van der Waals surface area contributed by atoms with Crippen molar-refractivity contribution < 1.29 is 22.4 Å². The second-order valence-corrected chi connectivity index (χ2v) is 5.89. The Morgan fingerprint density at radius 1 is 1.18 bits per heavy atom. The molecule has 8 heteroatoms. The van der Waals surface area contributed by atoms with E-state index in [2.05, 4.69) is 10.6 Å². The van der Waals surface area contributed by atoms with Crippen LogP contribution < -0.4 is 10.6 Å². The molecule has 1 aromatic heterocycles. The number of nitrogens with one attached hydrogen (secondary N) is 2. The van der Waals surface area contributed by atoms with Crippen LogP contribution in [0.1, 0.15) is 16.5 Å². The first-order valence-corrected chi connectivity index (χ1v) is 7.17. The maximum Gasteiger partial charge on any atom is 0.425 e. The van der Waals surface area contributed by atoms with Crippen LogP contribution in [-0.2, 0) is 6.18 Å². The summed E-state index contributed by atoms with van der Waals surface area (Å²) >= 11 is 0.566. The van der Waals surface area contributed by atoms with Crippen LogP contribution in [0.15, 0.2) is 30.3 Å². The highest BCUT2D eigenvalue weighted by Gasteiger charge is 2.32. The summed E-state index contributed by atoms with van der Waals surface area (Å²) in [5.41, 5.74) is 0.675. The highest BCUT2D eigenvalue weighted by molar-refractivity contribution is 7.15. The van der Waals surface area contributed by atoms with Crippen LogP contribution in [0.25, 0.3) is 10.4 Å². The van der Waals surface area contributed by atoms with Crippen molar-refractivity contribution in [2.45, 2.75) is 12.2 Å². The van der Waals surface area contributed by atoms with Crippen LogP contribution in [0, 0.1) is 5.82 Å². The molecule has 1 fully saturated rings. The number of urea groups is 1. The molecule has 2 N–H and O–H groups in total. The third-order valence-electron chi connectivity index (χ3n) is 3.32. The quantitative estimate of drug-likeness (QED) is 0.805. The molecular formula is C14H10F4N2OS. The Labute approximate surface area is 127 Å². The van der Waals surface area contributed by atoms with Gasteiger partial charge in [0.2, 0.25) is 0 Å². The molecule has 1 unspecified atom stereocenters. The molecule has 1 saturated heterocycles. The number of carbonyl (C=O) groups is 1. The zero-order chi connectivity index (χ0) is 15.9. The van der Waals surface area contributed by atoms with E-state index in [-0.39, 0.29) is 12.6 Å². The average Bonchev–Trinajstić information content (AvgIpc) is 3.06. The summed E-state index contributed by atoms with van der Waals surface area (Å²) in [6, 6.07) is 5.67. The molecule has 0 aliphatic carbocycles. The van der Waals surface area contributed by atoms with Crippen LogP contribution >= 0.6 is 11.3 Å². The number of hydrogen-bond donors (Lipinski definition) is 2. The fourth-order valence-electron chi connectivity index (χ4n) is 2.25. The Bertz CT molecular complexity index is 726. The molecule has 0 bridgehead atoms. The summed E-state index contributed by atoms with van der Waals surface area (Å²) in [7, 11) is 0. The molecule has 22 heavy (non-hydrogen) atoms. The Kier molecular flexibility index (Phi) is 3.56. The maximum absolute atomic E-state index is 14.2. The first-order valence-electron chi connectivity index (χ1n) is 6.36. The maximum atomic E-state index is 14.2. The number of benzene rings is 1. The van der Waals surface area contributed by atoms with Crippen molar-refractivity contribution in [3.05, 3.63) is 46.6 Å². The minimum atomic E-state index is -4.40. The summed E-state index contributed by atoms with van der Waals surface area (Å²) in [4.78, 5) is 10.7. The van der Waals surface area contributed by atoms with Gasteiger partial charge in [-0.2, -0.15) is 13.2 Å². The van der Waals surface area contributed by atoms with Crippen molar-refractivity contribution in [3.8, 4) is 10.4 Å². The van der Waals surface area contributed by atoms with Crippen molar-refractivity contribution >= 4 is 17.4 Å². The zero-order valence-electron chi connectivity index (χ0n) is 11.0. The van der Waals surface area contributed by atoms with Gasteiger partial charge in [0.1, 0.15) is 10.7 Å². The lowest BCUT2D eigenvalue weighted by Gasteiger charge is -2.11. The normalized spacial score (nSPS) is 18.2. The van der Waals surface area contributed by atoms with Gasteiger partial charge in [-0.1, -0.05) is 12.1 Å². The molecule has 116 valence electrons. The van der Waals surface area contributed by atoms with Crippen LogP contribution in [0.5, 0.6) is 0 Å². The highest BCUT2D eigenvalue weighted by Crippen LogP contribution is 2.38. The lowest BCUT2D eigenvalue weighted by Crippen LogP contribution is -2.22. The standard InChI is InChI=1S/C14H10F4N2OS/c15-9-5-7(11-3-4-12(22-11)14(16,17)18)1-2-8(9)10-6-19-13(21)20-10/h1-5,10H,6H2,(H2,19,20,21). The molecule has 1 atom stereocenters. The van der Waals surface area contributed by atoms with Crippen LogP contribution in [0.4, 0.5) is 22.4 Å². The van der Waals surface area contributed by atoms with Crippen LogP contribution in [0.2, 0.25) is 0 Å². The van der Waals surface area contributed by atoms with Gasteiger partial charge in [-0.05, 0) is 23.8 Å². The van der Waals surface area contributed by atoms with Gasteiger partial charge >= 0.3 is 12.2 Å². The van der Waals surface area contributed by atoms with E-state index in [0.29, 0.717) is 27.3 Å². The third kappa shape index (κ3) is 2.78. The fourth-order valence-corrected chi connectivity index (χ4v) is 3.12. The molecule has 0 spiro atoms. The summed E-state index contributed by atoms with van der Waals surface area (Å²) in [5, 5.41) is 5.08. The van der Waals surface area contributed by atoms with E-state index in [1.807, 2.05) is 0 Å². The smallest absolute Gasteiger partial charge is 0.336 e. The Balaban J connectivity index is 1.89. The number of thiophene rings is 1. The number of hydrogen-bond acceptors (Lipinski definition) is 2. The predicted molar refractivity (Wildman–Crippen MR) is 74.0 cm³/mol. The van der Waals surface area contributed by atoms with E-state index in [0.717, 1.165) is 6.07 Å². The molecule has 1 aliphatic heterocycles. The largest absolute Gasteiger partial charge is 0.425 e. The van der Waals surface area contributed by atoms with Crippen molar-refractivity contribution in [1.29, 1.82) is 0 Å². The zero-order valence-corrected chi connectivity index (χ0v) is 11.8. The van der Waals surface area contributed by atoms with Gasteiger partial charge in [-0.3, -0.25) is 0 Å². The lowest BCUT2D eigenvalue weighted by atomic mass is 10.0. The first-order chi connectivity index (χ1) is 10.3. The number of alkyl halides is 3. The Hall–Kier alpha value is -2.09. The molecule has 2 heterocycles. The second kappa shape index (κ2) is 5.28. The molecule has 2 amide bonds. The molecular weight excluding hydrogens is 320 g/mol. The van der Waals surface area contributed by atoms with Crippen LogP contribution in [0.3, 0.4) is 0 Å².